The molecule has 0 radical (unpaired) electrons. The van der Waals surface area contributed by atoms with Crippen molar-refractivity contribution in [3.8, 4) is 6.07 Å². The van der Waals surface area contributed by atoms with Gasteiger partial charge in [0.2, 0.25) is 0 Å². The number of hydrogen-bond donors (Lipinski definition) is 2. The molecule has 1 amide bonds. The molecule has 3 rings (SSSR count). The number of rotatable bonds is 3. The summed E-state index contributed by atoms with van der Waals surface area (Å²) in [5, 5.41) is 12.7. The lowest BCUT2D eigenvalue weighted by Crippen LogP contribution is -2.14. The highest BCUT2D eigenvalue weighted by Crippen LogP contribution is 2.24. The van der Waals surface area contributed by atoms with Crippen LogP contribution in [0.3, 0.4) is 0 Å². The topological polar surface area (TPSA) is 68.7 Å². The van der Waals surface area contributed by atoms with Crippen molar-refractivity contribution in [3.05, 3.63) is 71.2 Å². The monoisotopic (exact) mass is 319 g/mol. The Bertz CT molecular complexity index is 995. The average molecular weight is 319 g/mol. The molecule has 0 saturated heterocycles. The molecule has 0 spiro atoms. The minimum absolute atomic E-state index is 0.0410. The van der Waals surface area contributed by atoms with Crippen LogP contribution in [0.4, 0.5) is 10.1 Å². The highest BCUT2D eigenvalue weighted by atomic mass is 19.1. The number of hydrogen-bond acceptors (Lipinski definition) is 2. The van der Waals surface area contributed by atoms with Crippen molar-refractivity contribution in [2.75, 3.05) is 5.32 Å². The highest BCUT2D eigenvalue weighted by molar-refractivity contribution is 6.11. The molecule has 0 saturated carbocycles. The summed E-state index contributed by atoms with van der Waals surface area (Å²) in [5.41, 5.74) is 2.49. The number of para-hydroxylation sites is 2. The lowest BCUT2D eigenvalue weighted by atomic mass is 10.1. The van der Waals surface area contributed by atoms with Gasteiger partial charge in [0.15, 0.2) is 0 Å². The van der Waals surface area contributed by atoms with Crippen molar-refractivity contribution in [1.29, 1.82) is 5.26 Å². The molecule has 24 heavy (non-hydrogen) atoms. The van der Waals surface area contributed by atoms with Crippen LogP contribution >= 0.6 is 0 Å². The van der Waals surface area contributed by atoms with Crippen LogP contribution in [0.2, 0.25) is 0 Å². The van der Waals surface area contributed by atoms with Crippen molar-refractivity contribution in [3.63, 3.8) is 0 Å². The smallest absolute Gasteiger partial charge is 0.266 e. The molecule has 3 aromatic rings. The van der Waals surface area contributed by atoms with E-state index in [0.29, 0.717) is 0 Å². The van der Waals surface area contributed by atoms with Gasteiger partial charge in [0.25, 0.3) is 5.91 Å². The van der Waals surface area contributed by atoms with E-state index in [0.717, 1.165) is 22.2 Å². The maximum Gasteiger partial charge on any atom is 0.266 e. The van der Waals surface area contributed by atoms with Gasteiger partial charge in [0, 0.05) is 22.2 Å². The van der Waals surface area contributed by atoms with Crippen molar-refractivity contribution in [2.24, 2.45) is 0 Å². The first-order valence-corrected chi connectivity index (χ1v) is 7.35. The van der Waals surface area contributed by atoms with Gasteiger partial charge in [-0.25, -0.2) is 4.39 Å². The minimum Gasteiger partial charge on any atom is -0.358 e. The molecule has 2 aromatic carbocycles. The molecule has 2 N–H and O–H groups in total. The fourth-order valence-electron chi connectivity index (χ4n) is 2.53. The summed E-state index contributed by atoms with van der Waals surface area (Å²) >= 11 is 0. The molecule has 0 atom stereocenters. The van der Waals surface area contributed by atoms with E-state index >= 15 is 0 Å². The summed E-state index contributed by atoms with van der Waals surface area (Å²) in [6.45, 7) is 1.87. The Kier molecular flexibility index (Phi) is 4.13. The second kappa shape index (κ2) is 6.39. The van der Waals surface area contributed by atoms with Crippen molar-refractivity contribution < 1.29 is 9.18 Å². The largest absolute Gasteiger partial charge is 0.358 e. The second-order valence-electron chi connectivity index (χ2n) is 5.31. The third-order valence-electron chi connectivity index (χ3n) is 3.72. The average Bonchev–Trinajstić information content (AvgIpc) is 2.90. The number of halogens is 1. The number of nitrogens with zero attached hydrogens (tertiary/aromatic N) is 1. The molecule has 0 bridgehead atoms. The van der Waals surface area contributed by atoms with Crippen LogP contribution < -0.4 is 5.32 Å². The van der Waals surface area contributed by atoms with Gasteiger partial charge in [-0.3, -0.25) is 4.79 Å². The molecule has 118 valence electrons. The second-order valence-corrected chi connectivity index (χ2v) is 5.31. The van der Waals surface area contributed by atoms with Gasteiger partial charge in [-0.15, -0.1) is 0 Å². The molecular formula is C19H14FN3O. The number of nitriles is 1. The van der Waals surface area contributed by atoms with Crippen LogP contribution in [-0.2, 0) is 4.79 Å². The quantitative estimate of drug-likeness (QED) is 0.562. The number of aromatic amines is 1. The number of aryl methyl sites for hydroxylation is 1. The fourth-order valence-corrected chi connectivity index (χ4v) is 2.53. The predicted octanol–water partition coefficient (Wildman–Crippen LogP) is 4.16. The number of H-pyrrole nitrogens is 1. The number of benzene rings is 2. The Balaban J connectivity index is 1.97. The minimum atomic E-state index is -0.646. The van der Waals surface area contributed by atoms with E-state index < -0.39 is 11.7 Å². The zero-order valence-corrected chi connectivity index (χ0v) is 12.9. The molecule has 5 heteroatoms. The number of fused-ring (bicyclic) bond motifs is 1. The lowest BCUT2D eigenvalue weighted by molar-refractivity contribution is -0.112. The molecule has 0 aliphatic carbocycles. The number of carbonyl (C=O) groups excluding carboxylic acids is 1. The highest BCUT2D eigenvalue weighted by Gasteiger charge is 2.14. The van der Waals surface area contributed by atoms with Crippen LogP contribution in [0.1, 0.15) is 11.3 Å². The van der Waals surface area contributed by atoms with Gasteiger partial charge in [-0.2, -0.15) is 5.26 Å². The van der Waals surface area contributed by atoms with Crippen LogP contribution in [0.5, 0.6) is 0 Å². The summed E-state index contributed by atoms with van der Waals surface area (Å²) in [4.78, 5) is 15.5. The van der Waals surface area contributed by atoms with E-state index in [1.165, 1.54) is 24.3 Å². The molecular weight excluding hydrogens is 305 g/mol. The van der Waals surface area contributed by atoms with E-state index in [1.54, 1.807) is 6.07 Å². The first-order valence-electron chi connectivity index (χ1n) is 7.35. The zero-order valence-electron chi connectivity index (χ0n) is 12.9. The van der Waals surface area contributed by atoms with E-state index in [-0.39, 0.29) is 11.3 Å². The van der Waals surface area contributed by atoms with E-state index in [9.17, 15) is 14.4 Å². The normalized spacial score (nSPS) is 11.3. The van der Waals surface area contributed by atoms with Gasteiger partial charge in [-0.1, -0.05) is 30.3 Å². The fraction of sp³-hybridized carbons (Fsp3) is 0.0526. The van der Waals surface area contributed by atoms with Gasteiger partial charge >= 0.3 is 0 Å². The van der Waals surface area contributed by atoms with Crippen LogP contribution in [0.25, 0.3) is 17.0 Å². The lowest BCUT2D eigenvalue weighted by Gasteiger charge is -2.05. The summed E-state index contributed by atoms with van der Waals surface area (Å²) in [6.07, 6.45) is 1.52. The Hall–Kier alpha value is -3.39. The Morgan fingerprint density at radius 2 is 1.92 bits per heavy atom. The third-order valence-corrected chi connectivity index (χ3v) is 3.72. The van der Waals surface area contributed by atoms with Crippen LogP contribution in [-0.4, -0.2) is 10.9 Å². The summed E-state index contributed by atoms with van der Waals surface area (Å²) in [5.74, 6) is -1.20. The molecule has 1 aromatic heterocycles. The summed E-state index contributed by atoms with van der Waals surface area (Å²) in [7, 11) is 0. The van der Waals surface area contributed by atoms with Gasteiger partial charge in [-0.05, 0) is 31.2 Å². The number of amides is 1. The van der Waals surface area contributed by atoms with E-state index in [2.05, 4.69) is 10.3 Å². The van der Waals surface area contributed by atoms with Crippen LogP contribution in [0, 0.1) is 24.1 Å². The summed E-state index contributed by atoms with van der Waals surface area (Å²) < 4.78 is 13.6. The van der Waals surface area contributed by atoms with E-state index in [1.807, 2.05) is 37.3 Å². The maximum atomic E-state index is 13.6. The molecule has 0 aliphatic rings. The standard InChI is InChI=1S/C19H14FN3O/c1-12-15(14-6-2-4-8-17(14)22-12)10-13(11-21)19(24)23-18-9-5-3-7-16(18)20/h2-10,22H,1H3,(H,23,24). The number of carbonyl (C=O) groups is 1. The molecule has 4 nitrogen and oxygen atoms in total. The third kappa shape index (κ3) is 2.90. The molecule has 0 aliphatic heterocycles. The van der Waals surface area contributed by atoms with Crippen molar-refractivity contribution in [1.82, 2.24) is 4.98 Å². The maximum absolute atomic E-state index is 13.6. The van der Waals surface area contributed by atoms with Gasteiger partial charge in [0.1, 0.15) is 17.5 Å². The molecule has 0 fully saturated rings. The first kappa shape index (κ1) is 15.5. The number of nitrogens with one attached hydrogen (secondary N) is 2. The Morgan fingerprint density at radius 3 is 2.67 bits per heavy atom. The van der Waals surface area contributed by atoms with E-state index in [4.69, 9.17) is 0 Å². The SMILES string of the molecule is Cc1[nH]c2ccccc2c1C=C(C#N)C(=O)Nc1ccccc1F. The molecule has 0 unspecified atom stereocenters. The molecule has 1 heterocycles. The Morgan fingerprint density at radius 1 is 1.21 bits per heavy atom. The van der Waals surface area contributed by atoms with Crippen LogP contribution in [0.15, 0.2) is 54.1 Å². The zero-order chi connectivity index (χ0) is 17.1. The Labute approximate surface area is 138 Å². The predicted molar refractivity (Wildman–Crippen MR) is 91.7 cm³/mol. The summed E-state index contributed by atoms with van der Waals surface area (Å²) in [6, 6.07) is 15.3. The number of anilines is 1. The number of aromatic nitrogens is 1. The van der Waals surface area contributed by atoms with Crippen molar-refractivity contribution >= 4 is 28.6 Å². The van der Waals surface area contributed by atoms with Gasteiger partial charge in [0.05, 0.1) is 5.69 Å². The van der Waals surface area contributed by atoms with Gasteiger partial charge < -0.3 is 10.3 Å². The first-order chi connectivity index (χ1) is 11.6. The van der Waals surface area contributed by atoms with Crippen molar-refractivity contribution in [2.45, 2.75) is 6.92 Å².